The number of β-lactam (4-membered cyclic amide) rings is 1. The number of esters is 1. The number of rotatable bonds is 5. The lowest BCUT2D eigenvalue weighted by atomic mass is 9.93. The molecule has 0 spiro atoms. The third kappa shape index (κ3) is 2.62. The Morgan fingerprint density at radius 2 is 2.05 bits per heavy atom. The number of carbonyl (C=O) groups is 2. The smallest absolute Gasteiger partial charge is 0.329 e. The van der Waals surface area contributed by atoms with Crippen LogP contribution in [-0.4, -0.2) is 29.4 Å². The molecule has 0 aromatic heterocycles. The van der Waals surface area contributed by atoms with Crippen molar-refractivity contribution in [3.05, 3.63) is 35.9 Å². The molecule has 1 saturated heterocycles. The van der Waals surface area contributed by atoms with Crippen molar-refractivity contribution in [2.45, 2.75) is 38.8 Å². The summed E-state index contributed by atoms with van der Waals surface area (Å²) in [6.07, 6.45) is 1.05. The third-order valence-corrected chi connectivity index (χ3v) is 3.46. The van der Waals surface area contributed by atoms with Crippen molar-refractivity contribution < 1.29 is 14.3 Å². The highest BCUT2D eigenvalue weighted by atomic mass is 16.5. The second-order valence-corrected chi connectivity index (χ2v) is 4.61. The van der Waals surface area contributed by atoms with Crippen LogP contribution in [-0.2, 0) is 14.3 Å². The normalized spacial score (nSPS) is 19.8. The molecule has 2 rings (SSSR count). The predicted molar refractivity (Wildman–Crippen MR) is 71.4 cm³/mol. The van der Waals surface area contributed by atoms with Crippen LogP contribution in [0.2, 0.25) is 0 Å². The molecule has 0 saturated carbocycles. The zero-order valence-electron chi connectivity index (χ0n) is 11.3. The van der Waals surface area contributed by atoms with Crippen molar-refractivity contribution in [3.63, 3.8) is 0 Å². The SMILES string of the molecule is CCOC(=O)[C@@H]1CC(=O)N1[C@@H](CC)c1ccccc1. The lowest BCUT2D eigenvalue weighted by Gasteiger charge is -2.44. The van der Waals surface area contributed by atoms with E-state index in [1.807, 2.05) is 37.3 Å². The van der Waals surface area contributed by atoms with Crippen LogP contribution in [0.5, 0.6) is 0 Å². The van der Waals surface area contributed by atoms with Crippen molar-refractivity contribution in [1.29, 1.82) is 0 Å². The van der Waals surface area contributed by atoms with Gasteiger partial charge in [-0.2, -0.15) is 0 Å². The lowest BCUT2D eigenvalue weighted by molar-refractivity contribution is -0.169. The van der Waals surface area contributed by atoms with Gasteiger partial charge in [-0.3, -0.25) is 4.79 Å². The fraction of sp³-hybridized carbons (Fsp3) is 0.467. The zero-order valence-corrected chi connectivity index (χ0v) is 11.3. The summed E-state index contributed by atoms with van der Waals surface area (Å²) in [4.78, 5) is 25.3. The first-order chi connectivity index (χ1) is 9.19. The van der Waals surface area contributed by atoms with Gasteiger partial charge >= 0.3 is 5.97 Å². The molecule has 19 heavy (non-hydrogen) atoms. The summed E-state index contributed by atoms with van der Waals surface area (Å²) in [6.45, 7) is 4.14. The highest BCUT2D eigenvalue weighted by Crippen LogP contribution is 2.34. The predicted octanol–water partition coefficient (Wildman–Crippen LogP) is 2.30. The fourth-order valence-electron chi connectivity index (χ4n) is 2.53. The first kappa shape index (κ1) is 13.6. The van der Waals surface area contributed by atoms with Gasteiger partial charge in [0.1, 0.15) is 6.04 Å². The average molecular weight is 261 g/mol. The highest BCUT2D eigenvalue weighted by molar-refractivity contribution is 5.95. The molecular formula is C15H19NO3. The molecule has 0 unspecified atom stereocenters. The van der Waals surface area contributed by atoms with Gasteiger partial charge in [0.2, 0.25) is 5.91 Å². The van der Waals surface area contributed by atoms with Crippen LogP contribution in [0.15, 0.2) is 30.3 Å². The molecule has 4 heteroatoms. The molecule has 1 aromatic rings. The minimum absolute atomic E-state index is 0.0220. The van der Waals surface area contributed by atoms with Crippen LogP contribution < -0.4 is 0 Å². The molecule has 2 atom stereocenters. The van der Waals surface area contributed by atoms with E-state index in [1.54, 1.807) is 11.8 Å². The minimum Gasteiger partial charge on any atom is -0.464 e. The Morgan fingerprint density at radius 3 is 2.58 bits per heavy atom. The number of nitrogens with zero attached hydrogens (tertiary/aromatic N) is 1. The van der Waals surface area contributed by atoms with E-state index in [1.165, 1.54) is 0 Å². The van der Waals surface area contributed by atoms with Crippen LogP contribution in [0.1, 0.15) is 38.3 Å². The summed E-state index contributed by atoms with van der Waals surface area (Å²) in [5.41, 5.74) is 1.06. The van der Waals surface area contributed by atoms with Gasteiger partial charge in [-0.25, -0.2) is 4.79 Å². The maximum absolute atomic E-state index is 11.8. The Balaban J connectivity index is 2.17. The number of ether oxygens (including phenoxy) is 1. The monoisotopic (exact) mass is 261 g/mol. The Kier molecular flexibility index (Phi) is 4.20. The number of carbonyl (C=O) groups excluding carboxylic acids is 2. The van der Waals surface area contributed by atoms with Gasteiger partial charge in [0.15, 0.2) is 0 Å². The molecule has 1 heterocycles. The number of amides is 1. The van der Waals surface area contributed by atoms with Crippen LogP contribution in [0.4, 0.5) is 0 Å². The number of likely N-dealkylation sites (tertiary alicyclic amines) is 1. The zero-order chi connectivity index (χ0) is 13.8. The minimum atomic E-state index is -0.419. The van der Waals surface area contributed by atoms with E-state index in [0.717, 1.165) is 12.0 Å². The molecular weight excluding hydrogens is 242 g/mol. The van der Waals surface area contributed by atoms with Gasteiger partial charge in [0.05, 0.1) is 19.1 Å². The summed E-state index contributed by atoms with van der Waals surface area (Å²) >= 11 is 0. The highest BCUT2D eigenvalue weighted by Gasteiger charge is 2.45. The number of hydrogen-bond acceptors (Lipinski definition) is 3. The Bertz CT molecular complexity index is 458. The van der Waals surface area contributed by atoms with Gasteiger partial charge in [-0.05, 0) is 18.9 Å². The lowest BCUT2D eigenvalue weighted by Crippen LogP contribution is -2.58. The van der Waals surface area contributed by atoms with E-state index >= 15 is 0 Å². The van der Waals surface area contributed by atoms with Crippen molar-refractivity contribution >= 4 is 11.9 Å². The molecule has 1 aliphatic heterocycles. The van der Waals surface area contributed by atoms with Crippen LogP contribution in [0, 0.1) is 0 Å². The van der Waals surface area contributed by atoms with E-state index in [0.29, 0.717) is 6.61 Å². The Hall–Kier alpha value is -1.84. The molecule has 0 aliphatic carbocycles. The summed E-state index contributed by atoms with van der Waals surface area (Å²) < 4.78 is 5.02. The summed E-state index contributed by atoms with van der Waals surface area (Å²) in [6, 6.07) is 9.35. The molecule has 0 bridgehead atoms. The molecule has 102 valence electrons. The van der Waals surface area contributed by atoms with Crippen molar-refractivity contribution in [2.75, 3.05) is 6.61 Å². The number of benzene rings is 1. The van der Waals surface area contributed by atoms with Crippen molar-refractivity contribution in [2.24, 2.45) is 0 Å². The molecule has 4 nitrogen and oxygen atoms in total. The van der Waals surface area contributed by atoms with E-state index in [-0.39, 0.29) is 24.3 Å². The van der Waals surface area contributed by atoms with Crippen molar-refractivity contribution in [3.8, 4) is 0 Å². The van der Waals surface area contributed by atoms with E-state index in [9.17, 15) is 9.59 Å². The van der Waals surface area contributed by atoms with Gasteiger partial charge < -0.3 is 9.64 Å². The largest absolute Gasteiger partial charge is 0.464 e. The standard InChI is InChI=1S/C15H19NO3/c1-3-12(11-8-6-5-7-9-11)16-13(10-14(16)17)15(18)19-4-2/h5-9,12-13H,3-4,10H2,1-2H3/t12-,13-/m0/s1. The van der Waals surface area contributed by atoms with Crippen molar-refractivity contribution in [1.82, 2.24) is 4.90 Å². The van der Waals surface area contributed by atoms with Gasteiger partial charge in [-0.15, -0.1) is 0 Å². The molecule has 1 aliphatic rings. The van der Waals surface area contributed by atoms with Gasteiger partial charge in [0.25, 0.3) is 0 Å². The summed E-state index contributed by atoms with van der Waals surface area (Å²) in [5, 5.41) is 0. The second kappa shape index (κ2) is 5.87. The first-order valence-electron chi connectivity index (χ1n) is 6.71. The summed E-state index contributed by atoms with van der Waals surface area (Å²) in [5.74, 6) is -0.273. The van der Waals surface area contributed by atoms with E-state index in [4.69, 9.17) is 4.74 Å². The Morgan fingerprint density at radius 1 is 1.37 bits per heavy atom. The maximum Gasteiger partial charge on any atom is 0.329 e. The number of hydrogen-bond donors (Lipinski definition) is 0. The molecule has 1 aromatic carbocycles. The van der Waals surface area contributed by atoms with Gasteiger partial charge in [0, 0.05) is 0 Å². The first-order valence-corrected chi connectivity index (χ1v) is 6.71. The topological polar surface area (TPSA) is 46.6 Å². The molecule has 0 N–H and O–H groups in total. The molecule has 0 radical (unpaired) electrons. The second-order valence-electron chi connectivity index (χ2n) is 4.61. The molecule has 1 fully saturated rings. The van der Waals surface area contributed by atoms with Crippen LogP contribution in [0.3, 0.4) is 0 Å². The fourth-order valence-corrected chi connectivity index (χ4v) is 2.53. The third-order valence-electron chi connectivity index (χ3n) is 3.46. The van der Waals surface area contributed by atoms with Crippen LogP contribution >= 0.6 is 0 Å². The average Bonchev–Trinajstić information content (AvgIpc) is 2.43. The maximum atomic E-state index is 11.8. The van der Waals surface area contributed by atoms with E-state index in [2.05, 4.69) is 0 Å². The molecule has 1 amide bonds. The van der Waals surface area contributed by atoms with Gasteiger partial charge in [-0.1, -0.05) is 37.3 Å². The quantitative estimate of drug-likeness (QED) is 0.603. The Labute approximate surface area is 113 Å². The summed E-state index contributed by atoms with van der Waals surface area (Å²) in [7, 11) is 0. The van der Waals surface area contributed by atoms with Crippen LogP contribution in [0.25, 0.3) is 0 Å². The van der Waals surface area contributed by atoms with E-state index < -0.39 is 6.04 Å².